The average Bonchev–Trinajstić information content (AvgIpc) is 2.63. The quantitative estimate of drug-likeness (QED) is 0.333. The van der Waals surface area contributed by atoms with Crippen molar-refractivity contribution in [2.75, 3.05) is 18.9 Å². The van der Waals surface area contributed by atoms with Gasteiger partial charge in [-0.05, 0) is 30.2 Å². The molecule has 25 heavy (non-hydrogen) atoms. The number of ether oxygens (including phenoxy) is 1. The van der Waals surface area contributed by atoms with Crippen LogP contribution in [0.25, 0.3) is 0 Å². The van der Waals surface area contributed by atoms with Gasteiger partial charge >= 0.3 is 5.97 Å². The van der Waals surface area contributed by atoms with Gasteiger partial charge in [-0.25, -0.2) is 0 Å². The lowest BCUT2D eigenvalue weighted by atomic mass is 9.96. The van der Waals surface area contributed by atoms with Crippen molar-refractivity contribution in [3.05, 3.63) is 65.7 Å². The molecule has 0 aliphatic carbocycles. The Bertz CT molecular complexity index is 686. The smallest absolute Gasteiger partial charge is 0.315 e. The van der Waals surface area contributed by atoms with Crippen LogP contribution in [0.1, 0.15) is 24.2 Å². The first kappa shape index (κ1) is 18.5. The number of hydrogen-bond acceptors (Lipinski definition) is 6. The zero-order valence-corrected chi connectivity index (χ0v) is 14.0. The van der Waals surface area contributed by atoms with E-state index in [0.717, 1.165) is 5.56 Å². The number of esters is 1. The number of nitrogen functional groups attached to an aromatic ring is 1. The fourth-order valence-corrected chi connectivity index (χ4v) is 2.22. The van der Waals surface area contributed by atoms with Crippen LogP contribution < -0.4 is 5.73 Å². The van der Waals surface area contributed by atoms with E-state index < -0.39 is 18.0 Å². The van der Waals surface area contributed by atoms with Crippen LogP contribution in [0.15, 0.2) is 59.8 Å². The third-order valence-corrected chi connectivity index (χ3v) is 3.58. The Morgan fingerprint density at radius 3 is 2.52 bits per heavy atom. The van der Waals surface area contributed by atoms with Gasteiger partial charge in [0.05, 0.1) is 18.9 Å². The van der Waals surface area contributed by atoms with Gasteiger partial charge in [0, 0.05) is 5.69 Å². The summed E-state index contributed by atoms with van der Waals surface area (Å²) in [6, 6.07) is 16.1. The van der Waals surface area contributed by atoms with Crippen LogP contribution in [0.3, 0.4) is 0 Å². The molecule has 0 aliphatic rings. The number of carbonyl (C=O) groups is 1. The van der Waals surface area contributed by atoms with E-state index in [0.29, 0.717) is 11.3 Å². The Morgan fingerprint density at radius 1 is 1.20 bits per heavy atom. The van der Waals surface area contributed by atoms with E-state index in [9.17, 15) is 9.90 Å². The lowest BCUT2D eigenvalue weighted by Crippen LogP contribution is -2.28. The molecular weight excluding hydrogens is 320 g/mol. The van der Waals surface area contributed by atoms with Gasteiger partial charge in [0.1, 0.15) is 12.5 Å². The van der Waals surface area contributed by atoms with E-state index >= 15 is 0 Å². The van der Waals surface area contributed by atoms with Gasteiger partial charge in [0.25, 0.3) is 0 Å². The minimum Gasteiger partial charge on any atom is -0.466 e. The summed E-state index contributed by atoms with van der Waals surface area (Å²) >= 11 is 0. The number of aliphatic hydroxyl groups excluding tert-OH is 1. The molecule has 2 unspecified atom stereocenters. The van der Waals surface area contributed by atoms with E-state index in [1.807, 2.05) is 30.3 Å². The summed E-state index contributed by atoms with van der Waals surface area (Å²) in [5.74, 6) is -1.43. The van der Waals surface area contributed by atoms with Gasteiger partial charge < -0.3 is 20.4 Å². The van der Waals surface area contributed by atoms with Gasteiger partial charge in [0.2, 0.25) is 0 Å². The number of anilines is 1. The largest absolute Gasteiger partial charge is 0.466 e. The fraction of sp³-hybridized carbons (Fsp3) is 0.263. The fourth-order valence-electron chi connectivity index (χ4n) is 2.22. The summed E-state index contributed by atoms with van der Waals surface area (Å²) < 4.78 is 5.03. The van der Waals surface area contributed by atoms with E-state index in [1.165, 1.54) is 6.21 Å². The van der Waals surface area contributed by atoms with Crippen molar-refractivity contribution in [2.45, 2.75) is 13.0 Å². The second kappa shape index (κ2) is 9.44. The summed E-state index contributed by atoms with van der Waals surface area (Å²) in [6.45, 7) is 1.82. The normalized spacial score (nSPS) is 13.4. The van der Waals surface area contributed by atoms with Crippen molar-refractivity contribution in [1.29, 1.82) is 0 Å². The Morgan fingerprint density at radius 2 is 1.88 bits per heavy atom. The van der Waals surface area contributed by atoms with Crippen molar-refractivity contribution >= 4 is 17.9 Å². The molecule has 0 amide bonds. The average molecular weight is 342 g/mol. The molecule has 6 nitrogen and oxygen atoms in total. The van der Waals surface area contributed by atoms with E-state index in [1.54, 1.807) is 31.2 Å². The first-order chi connectivity index (χ1) is 12.1. The van der Waals surface area contributed by atoms with Crippen LogP contribution in [-0.4, -0.2) is 30.5 Å². The van der Waals surface area contributed by atoms with Crippen LogP contribution in [0.4, 0.5) is 5.69 Å². The maximum absolute atomic E-state index is 12.2. The van der Waals surface area contributed by atoms with Gasteiger partial charge in [-0.2, -0.15) is 0 Å². The predicted octanol–water partition coefficient (Wildman–Crippen LogP) is 2.53. The summed E-state index contributed by atoms with van der Waals surface area (Å²) in [4.78, 5) is 17.4. The molecule has 0 spiro atoms. The maximum atomic E-state index is 12.2. The lowest BCUT2D eigenvalue weighted by Gasteiger charge is -2.20. The number of benzene rings is 2. The SMILES string of the molecule is CCOC(=O)C(CO/N=C/c1ccccc1)C(O)c1ccc(N)cc1. The summed E-state index contributed by atoms with van der Waals surface area (Å²) in [7, 11) is 0. The Kier molecular flexibility index (Phi) is 6.98. The van der Waals surface area contributed by atoms with Crippen LogP contribution in [0.2, 0.25) is 0 Å². The van der Waals surface area contributed by atoms with Crippen molar-refractivity contribution in [2.24, 2.45) is 11.1 Å². The molecule has 132 valence electrons. The van der Waals surface area contributed by atoms with E-state index in [2.05, 4.69) is 5.16 Å². The van der Waals surface area contributed by atoms with Crippen molar-refractivity contribution < 1.29 is 19.5 Å². The first-order valence-electron chi connectivity index (χ1n) is 8.02. The standard InChI is InChI=1S/C19H22N2O4/c1-2-24-19(23)17(18(22)15-8-10-16(20)11-9-15)13-25-21-12-14-6-4-3-5-7-14/h3-12,17-18,22H,2,13,20H2,1H3/b21-12+. The molecular formula is C19H22N2O4. The molecule has 0 saturated carbocycles. The Hall–Kier alpha value is -2.86. The second-order valence-electron chi connectivity index (χ2n) is 5.41. The van der Waals surface area contributed by atoms with Gasteiger partial charge in [-0.15, -0.1) is 0 Å². The molecule has 0 bridgehead atoms. The van der Waals surface area contributed by atoms with Crippen LogP contribution in [-0.2, 0) is 14.4 Å². The molecule has 0 heterocycles. The third-order valence-electron chi connectivity index (χ3n) is 3.58. The van der Waals surface area contributed by atoms with Crippen LogP contribution >= 0.6 is 0 Å². The van der Waals surface area contributed by atoms with Crippen molar-refractivity contribution in [3.63, 3.8) is 0 Å². The minimum atomic E-state index is -1.08. The molecule has 0 aliphatic heterocycles. The van der Waals surface area contributed by atoms with E-state index in [4.69, 9.17) is 15.3 Å². The number of carbonyl (C=O) groups excluding carboxylic acids is 1. The third kappa shape index (κ3) is 5.61. The van der Waals surface area contributed by atoms with Crippen LogP contribution in [0, 0.1) is 5.92 Å². The number of nitrogens with zero attached hydrogens (tertiary/aromatic N) is 1. The molecule has 0 saturated heterocycles. The molecule has 0 fully saturated rings. The first-order valence-corrected chi connectivity index (χ1v) is 8.02. The highest BCUT2D eigenvalue weighted by atomic mass is 16.6. The molecule has 2 atom stereocenters. The van der Waals surface area contributed by atoms with Gasteiger partial charge in [-0.3, -0.25) is 4.79 Å². The topological polar surface area (TPSA) is 94.1 Å². The highest BCUT2D eigenvalue weighted by molar-refractivity contribution is 5.78. The number of aliphatic hydroxyl groups is 1. The molecule has 2 aromatic carbocycles. The van der Waals surface area contributed by atoms with Gasteiger partial charge in [0.15, 0.2) is 0 Å². The summed E-state index contributed by atoms with van der Waals surface area (Å²) in [6.07, 6.45) is 0.462. The monoisotopic (exact) mass is 342 g/mol. The summed E-state index contributed by atoms with van der Waals surface area (Å²) in [5.41, 5.74) is 7.65. The van der Waals surface area contributed by atoms with Crippen LogP contribution in [0.5, 0.6) is 0 Å². The Labute approximate surface area is 146 Å². The number of rotatable bonds is 8. The number of hydrogen-bond donors (Lipinski definition) is 2. The lowest BCUT2D eigenvalue weighted by molar-refractivity contribution is -0.155. The van der Waals surface area contributed by atoms with E-state index in [-0.39, 0.29) is 13.2 Å². The highest BCUT2D eigenvalue weighted by Gasteiger charge is 2.30. The zero-order valence-electron chi connectivity index (χ0n) is 14.0. The highest BCUT2D eigenvalue weighted by Crippen LogP contribution is 2.24. The molecule has 3 N–H and O–H groups in total. The van der Waals surface area contributed by atoms with Crippen molar-refractivity contribution in [1.82, 2.24) is 0 Å². The number of nitrogens with two attached hydrogens (primary N) is 1. The minimum absolute atomic E-state index is 0.103. The molecule has 2 rings (SSSR count). The Balaban J connectivity index is 2.03. The van der Waals surface area contributed by atoms with Crippen molar-refractivity contribution in [3.8, 4) is 0 Å². The molecule has 0 radical (unpaired) electrons. The second-order valence-corrected chi connectivity index (χ2v) is 5.41. The predicted molar refractivity (Wildman–Crippen MR) is 95.9 cm³/mol. The molecule has 6 heteroatoms. The number of oxime groups is 1. The maximum Gasteiger partial charge on any atom is 0.315 e. The summed E-state index contributed by atoms with van der Waals surface area (Å²) in [5, 5.41) is 14.4. The molecule has 2 aromatic rings. The zero-order chi connectivity index (χ0) is 18.1. The molecule has 0 aromatic heterocycles. The van der Waals surface area contributed by atoms with Gasteiger partial charge in [-0.1, -0.05) is 47.6 Å².